The molecule has 0 radical (unpaired) electrons. The van der Waals surface area contributed by atoms with E-state index in [1.54, 1.807) is 49.6 Å². The van der Waals surface area contributed by atoms with Crippen molar-refractivity contribution < 1.29 is 14.3 Å². The van der Waals surface area contributed by atoms with E-state index in [4.69, 9.17) is 27.0 Å². The second kappa shape index (κ2) is 9.87. The average Bonchev–Trinajstić information content (AvgIpc) is 2.63. The molecule has 0 bridgehead atoms. The number of hydrogen-bond donors (Lipinski definition) is 2. The molecule has 2 N–H and O–H groups in total. The molecule has 0 spiro atoms. The molecule has 0 aliphatic carbocycles. The van der Waals surface area contributed by atoms with Gasteiger partial charge in [-0.3, -0.25) is 10.1 Å². The Kier molecular flexibility index (Phi) is 7.53. The summed E-state index contributed by atoms with van der Waals surface area (Å²) in [6, 6.07) is 13.8. The molecule has 134 valence electrons. The molecular weight excluding hydrogens is 418 g/mol. The van der Waals surface area contributed by atoms with Crippen LogP contribution in [0.2, 0.25) is 0 Å². The highest BCUT2D eigenvalue weighted by Crippen LogP contribution is 2.26. The van der Waals surface area contributed by atoms with Crippen molar-refractivity contribution in [1.29, 1.82) is 5.26 Å². The van der Waals surface area contributed by atoms with Crippen molar-refractivity contribution >= 4 is 44.9 Å². The molecular formula is C18H16BrN3O3S. The third kappa shape index (κ3) is 5.81. The van der Waals surface area contributed by atoms with Gasteiger partial charge in [0.15, 0.2) is 5.11 Å². The van der Waals surface area contributed by atoms with Gasteiger partial charge in [0.05, 0.1) is 22.7 Å². The largest absolute Gasteiger partial charge is 0.490 e. The Hall–Kier alpha value is -2.47. The van der Waals surface area contributed by atoms with Gasteiger partial charge in [0.25, 0.3) is 5.91 Å². The first-order chi connectivity index (χ1) is 12.5. The monoisotopic (exact) mass is 433 g/mol. The van der Waals surface area contributed by atoms with Gasteiger partial charge in [-0.2, -0.15) is 5.26 Å². The first kappa shape index (κ1) is 19.8. The quantitative estimate of drug-likeness (QED) is 0.535. The van der Waals surface area contributed by atoms with Gasteiger partial charge >= 0.3 is 0 Å². The number of amides is 1. The van der Waals surface area contributed by atoms with Gasteiger partial charge in [-0.15, -0.1) is 0 Å². The molecule has 0 fully saturated rings. The maximum absolute atomic E-state index is 12.3. The minimum atomic E-state index is -0.347. The number of hydrogen-bond acceptors (Lipinski definition) is 5. The summed E-state index contributed by atoms with van der Waals surface area (Å²) in [7, 11) is 1.60. The van der Waals surface area contributed by atoms with Crippen molar-refractivity contribution in [3.8, 4) is 11.8 Å². The summed E-state index contributed by atoms with van der Waals surface area (Å²) in [4.78, 5) is 12.3. The van der Waals surface area contributed by atoms with Crippen LogP contribution in [0.3, 0.4) is 0 Å². The second-order valence-electron chi connectivity index (χ2n) is 5.08. The number of carbonyl (C=O) groups is 1. The number of ether oxygens (including phenoxy) is 2. The van der Waals surface area contributed by atoms with Crippen LogP contribution < -0.4 is 15.4 Å². The lowest BCUT2D eigenvalue weighted by atomic mass is 10.2. The van der Waals surface area contributed by atoms with E-state index in [0.29, 0.717) is 40.3 Å². The molecule has 0 unspecified atom stereocenters. The first-order valence-electron chi connectivity index (χ1n) is 7.57. The molecule has 0 atom stereocenters. The molecule has 6 nitrogen and oxygen atoms in total. The average molecular weight is 434 g/mol. The number of carbonyl (C=O) groups excluding carboxylic acids is 1. The summed E-state index contributed by atoms with van der Waals surface area (Å²) in [5, 5.41) is 14.4. The zero-order valence-corrected chi connectivity index (χ0v) is 16.3. The van der Waals surface area contributed by atoms with Crippen molar-refractivity contribution in [2.24, 2.45) is 0 Å². The zero-order chi connectivity index (χ0) is 18.9. The molecule has 0 saturated heterocycles. The highest BCUT2D eigenvalue weighted by Gasteiger charge is 2.11. The van der Waals surface area contributed by atoms with Crippen molar-refractivity contribution in [2.75, 3.05) is 25.6 Å². The van der Waals surface area contributed by atoms with E-state index in [0.717, 1.165) is 0 Å². The molecule has 1 amide bonds. The van der Waals surface area contributed by atoms with Crippen LogP contribution >= 0.6 is 28.1 Å². The van der Waals surface area contributed by atoms with Gasteiger partial charge in [-0.05, 0) is 70.6 Å². The fourth-order valence-corrected chi connectivity index (χ4v) is 2.66. The topological polar surface area (TPSA) is 83.4 Å². The Balaban J connectivity index is 1.94. The molecule has 0 aromatic heterocycles. The van der Waals surface area contributed by atoms with Gasteiger partial charge in [0.1, 0.15) is 12.4 Å². The molecule has 0 aliphatic heterocycles. The van der Waals surface area contributed by atoms with Crippen molar-refractivity contribution in [3.05, 3.63) is 58.1 Å². The van der Waals surface area contributed by atoms with Gasteiger partial charge in [0.2, 0.25) is 0 Å². The van der Waals surface area contributed by atoms with Gasteiger partial charge in [-0.1, -0.05) is 0 Å². The minimum Gasteiger partial charge on any atom is -0.490 e. The molecule has 2 rings (SSSR count). The minimum absolute atomic E-state index is 0.163. The van der Waals surface area contributed by atoms with E-state index < -0.39 is 0 Å². The van der Waals surface area contributed by atoms with E-state index in [1.165, 1.54) is 0 Å². The zero-order valence-electron chi connectivity index (χ0n) is 13.9. The third-order valence-electron chi connectivity index (χ3n) is 3.24. The highest BCUT2D eigenvalue weighted by molar-refractivity contribution is 9.10. The Labute approximate surface area is 165 Å². The lowest BCUT2D eigenvalue weighted by Gasteiger charge is -2.11. The SMILES string of the molecule is COCCOc1ccc(C(=O)NC(=S)Nc2ccc(C#N)cc2)cc1Br. The normalized spacial score (nSPS) is 9.88. The van der Waals surface area contributed by atoms with Crippen molar-refractivity contribution in [1.82, 2.24) is 5.32 Å². The number of rotatable bonds is 6. The summed E-state index contributed by atoms with van der Waals surface area (Å²) in [5.74, 6) is 0.275. The van der Waals surface area contributed by atoms with Crippen LogP contribution in [0, 0.1) is 11.3 Å². The second-order valence-corrected chi connectivity index (χ2v) is 6.35. The van der Waals surface area contributed by atoms with Crippen LogP contribution in [0.4, 0.5) is 5.69 Å². The smallest absolute Gasteiger partial charge is 0.257 e. The van der Waals surface area contributed by atoms with E-state index in [9.17, 15) is 4.79 Å². The summed E-state index contributed by atoms with van der Waals surface area (Å²) < 4.78 is 11.1. The molecule has 0 saturated carbocycles. The van der Waals surface area contributed by atoms with E-state index in [1.807, 2.05) is 6.07 Å². The lowest BCUT2D eigenvalue weighted by molar-refractivity contribution is 0.0977. The van der Waals surface area contributed by atoms with Crippen LogP contribution in [-0.4, -0.2) is 31.3 Å². The van der Waals surface area contributed by atoms with Crippen LogP contribution in [0.25, 0.3) is 0 Å². The standard InChI is InChI=1S/C18H16BrN3O3S/c1-24-8-9-25-16-7-4-13(10-15(16)19)17(23)22-18(26)21-14-5-2-12(11-20)3-6-14/h2-7,10H,8-9H2,1H3,(H2,21,22,23,26). The Morgan fingerprint density at radius 1 is 1.23 bits per heavy atom. The first-order valence-corrected chi connectivity index (χ1v) is 8.77. The van der Waals surface area contributed by atoms with Crippen molar-refractivity contribution in [3.63, 3.8) is 0 Å². The summed E-state index contributed by atoms with van der Waals surface area (Å²) in [5.41, 5.74) is 1.65. The summed E-state index contributed by atoms with van der Waals surface area (Å²) in [6.45, 7) is 0.892. The fourth-order valence-electron chi connectivity index (χ4n) is 1.96. The van der Waals surface area contributed by atoms with E-state index >= 15 is 0 Å². The Bertz CT molecular complexity index is 835. The molecule has 2 aromatic rings. The number of nitrogens with one attached hydrogen (secondary N) is 2. The maximum Gasteiger partial charge on any atom is 0.257 e. The lowest BCUT2D eigenvalue weighted by Crippen LogP contribution is -2.34. The predicted molar refractivity (Wildman–Crippen MR) is 106 cm³/mol. The molecule has 0 aliphatic rings. The Morgan fingerprint density at radius 3 is 2.58 bits per heavy atom. The third-order valence-corrected chi connectivity index (χ3v) is 4.06. The number of benzene rings is 2. The number of nitriles is 1. The number of nitrogens with zero attached hydrogens (tertiary/aromatic N) is 1. The maximum atomic E-state index is 12.3. The number of thiocarbonyl (C=S) groups is 1. The number of methoxy groups -OCH3 is 1. The number of halogens is 1. The molecule has 26 heavy (non-hydrogen) atoms. The highest BCUT2D eigenvalue weighted by atomic mass is 79.9. The molecule has 0 heterocycles. The predicted octanol–water partition coefficient (Wildman–Crippen LogP) is 3.47. The van der Waals surface area contributed by atoms with E-state index in [-0.39, 0.29) is 11.0 Å². The van der Waals surface area contributed by atoms with Crippen LogP contribution in [0.15, 0.2) is 46.9 Å². The molecule has 8 heteroatoms. The van der Waals surface area contributed by atoms with Crippen LogP contribution in [0.1, 0.15) is 15.9 Å². The van der Waals surface area contributed by atoms with Gasteiger partial charge < -0.3 is 14.8 Å². The summed E-state index contributed by atoms with van der Waals surface area (Å²) >= 11 is 8.52. The van der Waals surface area contributed by atoms with Crippen LogP contribution in [-0.2, 0) is 4.74 Å². The van der Waals surface area contributed by atoms with Gasteiger partial charge in [0, 0.05) is 18.4 Å². The fraction of sp³-hybridized carbons (Fsp3) is 0.167. The molecule has 2 aromatic carbocycles. The summed E-state index contributed by atoms with van der Waals surface area (Å²) in [6.07, 6.45) is 0. The van der Waals surface area contributed by atoms with E-state index in [2.05, 4.69) is 26.6 Å². The van der Waals surface area contributed by atoms with Crippen molar-refractivity contribution in [2.45, 2.75) is 0 Å². The van der Waals surface area contributed by atoms with Crippen LogP contribution in [0.5, 0.6) is 5.75 Å². The number of anilines is 1. The Morgan fingerprint density at radius 2 is 1.96 bits per heavy atom. The van der Waals surface area contributed by atoms with Gasteiger partial charge in [-0.25, -0.2) is 0 Å².